The van der Waals surface area contributed by atoms with E-state index in [1.807, 2.05) is 17.5 Å². The van der Waals surface area contributed by atoms with Gasteiger partial charge in [-0.1, -0.05) is 29.5 Å². The second-order valence-corrected chi connectivity index (χ2v) is 6.65. The Morgan fingerprint density at radius 2 is 2.04 bits per heavy atom. The molecule has 0 aliphatic carbocycles. The molecular formula is C19H15N3OS. The Morgan fingerprint density at radius 3 is 2.83 bits per heavy atom. The summed E-state index contributed by atoms with van der Waals surface area (Å²) < 4.78 is 1.80. The predicted molar refractivity (Wildman–Crippen MR) is 96.5 cm³/mol. The summed E-state index contributed by atoms with van der Waals surface area (Å²) in [6.45, 7) is 1.49. The van der Waals surface area contributed by atoms with E-state index >= 15 is 0 Å². The van der Waals surface area contributed by atoms with Crippen molar-refractivity contribution in [2.45, 2.75) is 13.0 Å². The summed E-state index contributed by atoms with van der Waals surface area (Å²) in [4.78, 5) is 12.3. The largest absolute Gasteiger partial charge is 0.384 e. The van der Waals surface area contributed by atoms with Gasteiger partial charge in [-0.2, -0.15) is 5.26 Å². The molecule has 0 radical (unpaired) electrons. The van der Waals surface area contributed by atoms with Gasteiger partial charge in [-0.05, 0) is 47.4 Å². The zero-order valence-corrected chi connectivity index (χ0v) is 13.8. The van der Waals surface area contributed by atoms with E-state index < -0.39 is 0 Å². The second-order valence-electron chi connectivity index (χ2n) is 5.83. The van der Waals surface area contributed by atoms with Gasteiger partial charge < -0.3 is 5.32 Å². The van der Waals surface area contributed by atoms with Crippen molar-refractivity contribution in [2.24, 2.45) is 0 Å². The smallest absolute Gasteiger partial charge is 0.307 e. The maximum absolute atomic E-state index is 12.3. The van der Waals surface area contributed by atoms with Crippen LogP contribution in [0.15, 0.2) is 52.6 Å². The van der Waals surface area contributed by atoms with Crippen LogP contribution in [0.2, 0.25) is 0 Å². The lowest BCUT2D eigenvalue weighted by molar-refractivity contribution is 0.792. The first-order valence-electron chi connectivity index (χ1n) is 7.79. The summed E-state index contributed by atoms with van der Waals surface area (Å²) in [6.07, 6.45) is 1.02. The van der Waals surface area contributed by atoms with Crippen LogP contribution in [0.4, 0.5) is 5.69 Å². The van der Waals surface area contributed by atoms with Gasteiger partial charge in [0.2, 0.25) is 0 Å². The van der Waals surface area contributed by atoms with Crippen molar-refractivity contribution in [3.8, 4) is 17.3 Å². The summed E-state index contributed by atoms with van der Waals surface area (Å²) in [5.74, 6) is 0. The Morgan fingerprint density at radius 1 is 1.21 bits per heavy atom. The second kappa shape index (κ2) is 5.99. The van der Waals surface area contributed by atoms with Crippen LogP contribution in [0.25, 0.3) is 11.3 Å². The quantitative estimate of drug-likeness (QED) is 0.798. The summed E-state index contributed by atoms with van der Waals surface area (Å²) in [5.41, 5.74) is 6.15. The maximum atomic E-state index is 12.3. The Balaban J connectivity index is 1.71. The standard InChI is InChI=1S/C19H15N3OS/c20-10-13-1-3-14(4-2-13)11-22-18(12-24-19(22)23)16-5-6-17-15(9-16)7-8-21-17/h1-6,9,12,21H,7-8,11H2. The number of fused-ring (bicyclic) bond motifs is 1. The number of nitrogens with one attached hydrogen (secondary N) is 1. The minimum Gasteiger partial charge on any atom is -0.384 e. The van der Waals surface area contributed by atoms with Gasteiger partial charge in [-0.15, -0.1) is 0 Å². The van der Waals surface area contributed by atoms with E-state index in [0.29, 0.717) is 12.1 Å². The van der Waals surface area contributed by atoms with Crippen molar-refractivity contribution in [2.75, 3.05) is 11.9 Å². The number of anilines is 1. The van der Waals surface area contributed by atoms with Crippen LogP contribution >= 0.6 is 11.3 Å². The Labute approximate surface area is 143 Å². The number of nitriles is 1. The van der Waals surface area contributed by atoms with Crippen LogP contribution in [0.3, 0.4) is 0 Å². The molecule has 1 N–H and O–H groups in total. The van der Waals surface area contributed by atoms with Gasteiger partial charge in [0.15, 0.2) is 0 Å². The van der Waals surface area contributed by atoms with Crippen molar-refractivity contribution in [3.63, 3.8) is 0 Å². The van der Waals surface area contributed by atoms with E-state index in [1.54, 1.807) is 16.7 Å². The number of rotatable bonds is 3. The molecule has 0 unspecified atom stereocenters. The van der Waals surface area contributed by atoms with E-state index in [4.69, 9.17) is 5.26 Å². The van der Waals surface area contributed by atoms with Crippen LogP contribution < -0.4 is 10.2 Å². The molecule has 3 aromatic rings. The third-order valence-corrected chi connectivity index (χ3v) is 5.08. The fourth-order valence-electron chi connectivity index (χ4n) is 3.04. The van der Waals surface area contributed by atoms with E-state index in [0.717, 1.165) is 29.8 Å². The van der Waals surface area contributed by atoms with E-state index in [2.05, 4.69) is 29.6 Å². The highest BCUT2D eigenvalue weighted by molar-refractivity contribution is 7.07. The molecule has 118 valence electrons. The number of hydrogen-bond donors (Lipinski definition) is 1. The average Bonchev–Trinajstić information content (AvgIpc) is 3.22. The molecule has 0 saturated carbocycles. The zero-order valence-electron chi connectivity index (χ0n) is 13.0. The fourth-order valence-corrected chi connectivity index (χ4v) is 3.80. The molecule has 0 amide bonds. The molecule has 1 aromatic heterocycles. The molecular weight excluding hydrogens is 318 g/mol. The molecule has 24 heavy (non-hydrogen) atoms. The fraction of sp³-hybridized carbons (Fsp3) is 0.158. The van der Waals surface area contributed by atoms with Gasteiger partial charge in [0.25, 0.3) is 0 Å². The van der Waals surface area contributed by atoms with E-state index in [1.165, 1.54) is 22.6 Å². The minimum absolute atomic E-state index is 0.0352. The molecule has 5 heteroatoms. The monoisotopic (exact) mass is 333 g/mol. The number of thiazole rings is 1. The highest BCUT2D eigenvalue weighted by Crippen LogP contribution is 2.29. The van der Waals surface area contributed by atoms with E-state index in [-0.39, 0.29) is 4.87 Å². The molecule has 2 aromatic carbocycles. The van der Waals surface area contributed by atoms with Crippen molar-refractivity contribution in [3.05, 3.63) is 74.2 Å². The molecule has 4 rings (SSSR count). The molecule has 0 saturated heterocycles. The third-order valence-electron chi connectivity index (χ3n) is 4.32. The lowest BCUT2D eigenvalue weighted by Gasteiger charge is -2.09. The maximum Gasteiger partial charge on any atom is 0.307 e. The van der Waals surface area contributed by atoms with Crippen molar-refractivity contribution >= 4 is 17.0 Å². The molecule has 1 aliphatic rings. The van der Waals surface area contributed by atoms with Gasteiger partial charge in [0.1, 0.15) is 0 Å². The lowest BCUT2D eigenvalue weighted by Crippen LogP contribution is -2.15. The summed E-state index contributed by atoms with van der Waals surface area (Å²) in [7, 11) is 0. The number of hydrogen-bond acceptors (Lipinski definition) is 4. The summed E-state index contributed by atoms with van der Waals surface area (Å²) >= 11 is 1.23. The Bertz CT molecular complexity index is 993. The highest BCUT2D eigenvalue weighted by atomic mass is 32.1. The Kier molecular flexibility index (Phi) is 3.68. The van der Waals surface area contributed by atoms with E-state index in [9.17, 15) is 4.79 Å². The van der Waals surface area contributed by atoms with Crippen LogP contribution in [0.1, 0.15) is 16.7 Å². The zero-order chi connectivity index (χ0) is 16.5. The van der Waals surface area contributed by atoms with Gasteiger partial charge in [-0.25, -0.2) is 0 Å². The number of benzene rings is 2. The first-order valence-corrected chi connectivity index (χ1v) is 8.67. The molecule has 0 bridgehead atoms. The Hall–Kier alpha value is -2.84. The molecule has 2 heterocycles. The topological polar surface area (TPSA) is 57.8 Å². The molecule has 4 nitrogen and oxygen atoms in total. The normalized spacial score (nSPS) is 12.5. The molecule has 0 fully saturated rings. The summed E-state index contributed by atoms with van der Waals surface area (Å²) in [5, 5.41) is 14.2. The third kappa shape index (κ3) is 2.61. The van der Waals surface area contributed by atoms with Crippen LogP contribution in [-0.4, -0.2) is 11.1 Å². The minimum atomic E-state index is 0.0352. The molecule has 0 atom stereocenters. The number of aromatic nitrogens is 1. The van der Waals surface area contributed by atoms with Gasteiger partial charge in [0, 0.05) is 17.6 Å². The van der Waals surface area contributed by atoms with Gasteiger partial charge in [-0.3, -0.25) is 9.36 Å². The van der Waals surface area contributed by atoms with Crippen molar-refractivity contribution in [1.82, 2.24) is 4.57 Å². The lowest BCUT2D eigenvalue weighted by atomic mass is 10.1. The van der Waals surface area contributed by atoms with Crippen LogP contribution in [0, 0.1) is 11.3 Å². The number of nitrogens with zero attached hydrogens (tertiary/aromatic N) is 2. The first kappa shape index (κ1) is 14.7. The SMILES string of the molecule is N#Cc1ccc(Cn2c(-c3ccc4c(c3)CCN4)csc2=O)cc1. The highest BCUT2D eigenvalue weighted by Gasteiger charge is 2.14. The van der Waals surface area contributed by atoms with Gasteiger partial charge in [0.05, 0.1) is 23.9 Å². The van der Waals surface area contributed by atoms with Crippen LogP contribution in [-0.2, 0) is 13.0 Å². The van der Waals surface area contributed by atoms with Crippen molar-refractivity contribution in [1.29, 1.82) is 5.26 Å². The van der Waals surface area contributed by atoms with Crippen molar-refractivity contribution < 1.29 is 0 Å². The predicted octanol–water partition coefficient (Wildman–Crippen LogP) is 3.46. The molecule has 0 spiro atoms. The first-order chi connectivity index (χ1) is 11.7. The van der Waals surface area contributed by atoms with Gasteiger partial charge >= 0.3 is 4.87 Å². The van der Waals surface area contributed by atoms with Crippen LogP contribution in [0.5, 0.6) is 0 Å². The summed E-state index contributed by atoms with van der Waals surface area (Å²) in [6, 6.07) is 15.8. The molecule has 1 aliphatic heterocycles. The average molecular weight is 333 g/mol.